The number of hydrogen-bond donors (Lipinski definition) is 2. The quantitative estimate of drug-likeness (QED) is 0.657. The van der Waals surface area contributed by atoms with Crippen LogP contribution in [0.4, 0.5) is 0 Å². The number of carbonyl (C=O) groups is 2. The molecule has 2 amide bonds. The van der Waals surface area contributed by atoms with E-state index >= 15 is 0 Å². The number of sulfonamides is 1. The molecule has 1 aliphatic rings. The number of hydrogen-bond acceptors (Lipinski definition) is 5. The van der Waals surface area contributed by atoms with Crippen LogP contribution in [0.5, 0.6) is 0 Å². The molecule has 0 aromatic heterocycles. The van der Waals surface area contributed by atoms with Crippen LogP contribution in [-0.4, -0.2) is 57.4 Å². The lowest BCUT2D eigenvalue weighted by Crippen LogP contribution is -2.40. The molecule has 0 bridgehead atoms. The lowest BCUT2D eigenvalue weighted by atomic mass is 10.2. The summed E-state index contributed by atoms with van der Waals surface area (Å²) in [4.78, 5) is 22.2. The number of nitrogens with zero attached hydrogens (tertiary/aromatic N) is 1. The van der Waals surface area contributed by atoms with Crippen molar-refractivity contribution in [2.24, 2.45) is 5.73 Å². The highest BCUT2D eigenvalue weighted by Gasteiger charge is 2.25. The van der Waals surface area contributed by atoms with Gasteiger partial charge in [-0.1, -0.05) is 12.1 Å². The molecule has 2 rings (SSSR count). The Bertz CT molecular complexity index is 722. The van der Waals surface area contributed by atoms with Crippen LogP contribution in [0.2, 0.25) is 0 Å². The summed E-state index contributed by atoms with van der Waals surface area (Å²) in [6.45, 7) is 1.22. The summed E-state index contributed by atoms with van der Waals surface area (Å²) < 4.78 is 31.5. The summed E-state index contributed by atoms with van der Waals surface area (Å²) in [5, 5.41) is 2.32. The van der Waals surface area contributed by atoms with Crippen molar-refractivity contribution in [3.8, 4) is 0 Å². The average molecular weight is 353 g/mol. The molecule has 24 heavy (non-hydrogen) atoms. The lowest BCUT2D eigenvalue weighted by molar-refractivity contribution is -0.122. The van der Waals surface area contributed by atoms with Crippen molar-refractivity contribution in [2.75, 3.05) is 32.8 Å². The Morgan fingerprint density at radius 3 is 2.42 bits per heavy atom. The third kappa shape index (κ3) is 4.88. The second-order valence-electron chi connectivity index (χ2n) is 5.10. The number of morpholine rings is 1. The third-order valence-corrected chi connectivity index (χ3v) is 5.26. The third-order valence-electron chi connectivity index (χ3n) is 3.35. The predicted octanol–water partition coefficient (Wildman–Crippen LogP) is -0.678. The van der Waals surface area contributed by atoms with Gasteiger partial charge in [-0.2, -0.15) is 4.31 Å². The summed E-state index contributed by atoms with van der Waals surface area (Å²) in [6, 6.07) is 6.19. The molecule has 0 radical (unpaired) electrons. The molecule has 0 saturated carbocycles. The molecule has 0 unspecified atom stereocenters. The highest BCUT2D eigenvalue weighted by molar-refractivity contribution is 7.89. The molecule has 1 aliphatic heterocycles. The fourth-order valence-corrected chi connectivity index (χ4v) is 3.50. The van der Waals surface area contributed by atoms with Crippen LogP contribution in [0, 0.1) is 0 Å². The Labute approximate surface area is 140 Å². The zero-order valence-corrected chi connectivity index (χ0v) is 13.8. The Morgan fingerprint density at radius 2 is 1.83 bits per heavy atom. The van der Waals surface area contributed by atoms with Gasteiger partial charge >= 0.3 is 0 Å². The largest absolute Gasteiger partial charge is 0.379 e. The van der Waals surface area contributed by atoms with Crippen molar-refractivity contribution in [3.63, 3.8) is 0 Å². The van der Waals surface area contributed by atoms with Crippen molar-refractivity contribution in [1.29, 1.82) is 0 Å². The highest BCUT2D eigenvalue weighted by Crippen LogP contribution is 2.18. The van der Waals surface area contributed by atoms with Crippen LogP contribution in [0.25, 0.3) is 6.08 Å². The van der Waals surface area contributed by atoms with Crippen LogP contribution in [0.3, 0.4) is 0 Å². The Hall–Kier alpha value is -2.23. The van der Waals surface area contributed by atoms with Gasteiger partial charge in [0.05, 0.1) is 24.7 Å². The molecular weight excluding hydrogens is 334 g/mol. The number of nitrogens with one attached hydrogen (secondary N) is 1. The number of amides is 2. The van der Waals surface area contributed by atoms with Crippen molar-refractivity contribution in [3.05, 3.63) is 35.9 Å². The van der Waals surface area contributed by atoms with Crippen LogP contribution in [0.15, 0.2) is 35.2 Å². The molecular formula is C15H19N3O5S. The fraction of sp³-hybridized carbons (Fsp3) is 0.333. The molecule has 1 fully saturated rings. The topological polar surface area (TPSA) is 119 Å². The van der Waals surface area contributed by atoms with E-state index in [1.54, 1.807) is 12.1 Å². The smallest absolute Gasteiger partial charge is 0.244 e. The van der Waals surface area contributed by atoms with Gasteiger partial charge in [-0.05, 0) is 23.8 Å². The van der Waals surface area contributed by atoms with Gasteiger partial charge in [-0.25, -0.2) is 8.42 Å². The molecule has 1 saturated heterocycles. The molecule has 0 aliphatic carbocycles. The average Bonchev–Trinajstić information content (AvgIpc) is 2.59. The maximum atomic E-state index is 12.5. The van der Waals surface area contributed by atoms with Gasteiger partial charge in [0.1, 0.15) is 0 Å². The van der Waals surface area contributed by atoms with Gasteiger partial charge in [-0.15, -0.1) is 0 Å². The number of rotatable bonds is 6. The number of carbonyl (C=O) groups excluding carboxylic acids is 2. The van der Waals surface area contributed by atoms with Crippen molar-refractivity contribution in [1.82, 2.24) is 9.62 Å². The number of primary amides is 1. The molecule has 0 spiro atoms. The lowest BCUT2D eigenvalue weighted by Gasteiger charge is -2.26. The van der Waals surface area contributed by atoms with Gasteiger partial charge in [0, 0.05) is 19.2 Å². The monoisotopic (exact) mass is 353 g/mol. The van der Waals surface area contributed by atoms with E-state index in [0.29, 0.717) is 31.9 Å². The molecule has 1 aromatic rings. The van der Waals surface area contributed by atoms with E-state index in [1.807, 2.05) is 0 Å². The van der Waals surface area contributed by atoms with Gasteiger partial charge in [-0.3, -0.25) is 9.59 Å². The Morgan fingerprint density at radius 1 is 1.21 bits per heavy atom. The minimum atomic E-state index is -3.53. The minimum Gasteiger partial charge on any atom is -0.379 e. The fourth-order valence-electron chi connectivity index (χ4n) is 2.09. The SMILES string of the molecule is NC(=O)CNC(=O)/C=C/c1ccc(S(=O)(=O)N2CCOCC2)cc1. The Kier molecular flexibility index (Phi) is 6.07. The molecule has 0 atom stereocenters. The summed E-state index contributed by atoms with van der Waals surface area (Å²) in [7, 11) is -3.53. The second kappa shape index (κ2) is 8.04. The standard InChI is InChI=1S/C15H19N3O5S/c16-14(19)11-17-15(20)6-3-12-1-4-13(5-2-12)24(21,22)18-7-9-23-10-8-18/h1-6H,7-11H2,(H2,16,19)(H,17,20)/b6-3+. The van der Waals surface area contributed by atoms with Crippen molar-refractivity contribution in [2.45, 2.75) is 4.90 Å². The van der Waals surface area contributed by atoms with Gasteiger partial charge < -0.3 is 15.8 Å². The zero-order valence-electron chi connectivity index (χ0n) is 13.0. The van der Waals surface area contributed by atoms with Crippen molar-refractivity contribution >= 4 is 27.9 Å². The van der Waals surface area contributed by atoms with E-state index in [4.69, 9.17) is 10.5 Å². The van der Waals surface area contributed by atoms with E-state index in [2.05, 4.69) is 5.32 Å². The first-order valence-corrected chi connectivity index (χ1v) is 8.76. The maximum absolute atomic E-state index is 12.5. The van der Waals surface area contributed by atoms with E-state index < -0.39 is 21.8 Å². The number of ether oxygens (including phenoxy) is 1. The normalized spacial score (nSPS) is 16.2. The number of benzene rings is 1. The first-order chi connectivity index (χ1) is 11.4. The number of nitrogens with two attached hydrogens (primary N) is 1. The molecule has 3 N–H and O–H groups in total. The van der Waals surface area contributed by atoms with Crippen LogP contribution in [0.1, 0.15) is 5.56 Å². The summed E-state index contributed by atoms with van der Waals surface area (Å²) in [6.07, 6.45) is 2.76. The minimum absolute atomic E-state index is 0.194. The Balaban J connectivity index is 2.02. The molecule has 8 nitrogen and oxygen atoms in total. The molecule has 1 aromatic carbocycles. The zero-order chi connectivity index (χ0) is 17.6. The summed E-state index contributed by atoms with van der Waals surface area (Å²) in [5.74, 6) is -1.09. The summed E-state index contributed by atoms with van der Waals surface area (Å²) >= 11 is 0. The van der Waals surface area contributed by atoms with Crippen LogP contribution < -0.4 is 11.1 Å². The predicted molar refractivity (Wildman–Crippen MR) is 87.3 cm³/mol. The molecule has 9 heteroatoms. The molecule has 130 valence electrons. The van der Waals surface area contributed by atoms with Crippen LogP contribution in [-0.2, 0) is 24.3 Å². The van der Waals surface area contributed by atoms with Gasteiger partial charge in [0.15, 0.2) is 0 Å². The van der Waals surface area contributed by atoms with Crippen LogP contribution >= 0.6 is 0 Å². The first-order valence-electron chi connectivity index (χ1n) is 7.32. The van der Waals surface area contributed by atoms with E-state index in [1.165, 1.54) is 28.6 Å². The van der Waals surface area contributed by atoms with E-state index in [0.717, 1.165) is 0 Å². The van der Waals surface area contributed by atoms with Crippen molar-refractivity contribution < 1.29 is 22.7 Å². The maximum Gasteiger partial charge on any atom is 0.244 e. The first kappa shape index (κ1) is 18.1. The second-order valence-corrected chi connectivity index (χ2v) is 7.04. The van der Waals surface area contributed by atoms with Gasteiger partial charge in [0.2, 0.25) is 21.8 Å². The van der Waals surface area contributed by atoms with Gasteiger partial charge in [0.25, 0.3) is 0 Å². The highest BCUT2D eigenvalue weighted by atomic mass is 32.2. The van der Waals surface area contributed by atoms with E-state index in [-0.39, 0.29) is 11.4 Å². The molecule has 1 heterocycles. The summed E-state index contributed by atoms with van der Waals surface area (Å²) in [5.41, 5.74) is 5.58. The van der Waals surface area contributed by atoms with E-state index in [9.17, 15) is 18.0 Å².